The lowest BCUT2D eigenvalue weighted by molar-refractivity contribution is -0.142. The van der Waals surface area contributed by atoms with Gasteiger partial charge in [0, 0.05) is 12.8 Å². The second-order valence-electron chi connectivity index (χ2n) is 7.76. The number of rotatable bonds is 12. The first-order chi connectivity index (χ1) is 15.7. The van der Waals surface area contributed by atoms with Gasteiger partial charge in [-0.3, -0.25) is 19.2 Å². The number of carbonyl (C=O) groups is 5. The summed E-state index contributed by atoms with van der Waals surface area (Å²) in [5.41, 5.74) is 5.68. The van der Waals surface area contributed by atoms with Gasteiger partial charge in [-0.05, 0) is 43.5 Å². The third kappa shape index (κ3) is 8.77. The molecule has 4 amide bonds. The van der Waals surface area contributed by atoms with Gasteiger partial charge >= 0.3 is 5.97 Å². The van der Waals surface area contributed by atoms with Gasteiger partial charge in [-0.2, -0.15) is 0 Å². The number of phenolic OH excluding ortho intramolecular Hbond substituents is 1. The Balaban J connectivity index is 1.98. The molecule has 1 fully saturated rings. The van der Waals surface area contributed by atoms with Gasteiger partial charge in [0.05, 0.1) is 12.6 Å². The van der Waals surface area contributed by atoms with Crippen molar-refractivity contribution in [3.63, 3.8) is 0 Å². The minimum absolute atomic E-state index is 0.0555. The molecular formula is C21H29N5O7. The molecule has 1 heterocycles. The van der Waals surface area contributed by atoms with Crippen LogP contribution < -0.4 is 27.0 Å². The fourth-order valence-electron chi connectivity index (χ4n) is 3.34. The number of aromatic hydroxyl groups is 1. The van der Waals surface area contributed by atoms with Crippen molar-refractivity contribution in [3.05, 3.63) is 29.8 Å². The number of hydrogen-bond donors (Lipinski definition) is 7. The molecule has 1 saturated heterocycles. The minimum Gasteiger partial charge on any atom is -0.508 e. The Morgan fingerprint density at radius 1 is 1.09 bits per heavy atom. The van der Waals surface area contributed by atoms with E-state index < -0.39 is 48.4 Å². The molecule has 8 N–H and O–H groups in total. The fourth-order valence-corrected chi connectivity index (χ4v) is 3.34. The molecule has 3 unspecified atom stereocenters. The SMILES string of the molecule is NC(=O)CCC(NC(=O)CNC(=O)C(Cc1ccc(O)cc1)NC(=O)C1CCCN1)C(=O)O. The van der Waals surface area contributed by atoms with Crippen LogP contribution in [-0.4, -0.2) is 71.0 Å². The maximum atomic E-state index is 12.8. The Morgan fingerprint density at radius 3 is 2.36 bits per heavy atom. The van der Waals surface area contributed by atoms with E-state index in [4.69, 9.17) is 10.8 Å². The van der Waals surface area contributed by atoms with Crippen molar-refractivity contribution in [1.82, 2.24) is 21.3 Å². The van der Waals surface area contributed by atoms with Crippen LogP contribution in [0.5, 0.6) is 5.75 Å². The molecule has 0 spiro atoms. The number of benzene rings is 1. The summed E-state index contributed by atoms with van der Waals surface area (Å²) in [7, 11) is 0. The number of phenols is 1. The van der Waals surface area contributed by atoms with Crippen molar-refractivity contribution in [2.75, 3.05) is 13.1 Å². The van der Waals surface area contributed by atoms with Crippen molar-refractivity contribution in [3.8, 4) is 5.75 Å². The summed E-state index contributed by atoms with van der Waals surface area (Å²) in [6.45, 7) is 0.177. The molecule has 0 aliphatic carbocycles. The standard InChI is InChI=1S/C21H29N5O7/c22-17(28)8-7-15(21(32)33)25-18(29)11-24-19(30)16(10-12-3-5-13(27)6-4-12)26-20(31)14-2-1-9-23-14/h3-6,14-16,23,27H,1-2,7-11H2,(H2,22,28)(H,24,30)(H,25,29)(H,26,31)(H,32,33). The summed E-state index contributed by atoms with van der Waals surface area (Å²) in [5.74, 6) is -3.72. The van der Waals surface area contributed by atoms with E-state index in [2.05, 4.69) is 21.3 Å². The number of primary amides is 1. The molecule has 1 aliphatic heterocycles. The highest BCUT2D eigenvalue weighted by Gasteiger charge is 2.28. The first-order valence-electron chi connectivity index (χ1n) is 10.6. The molecule has 1 aromatic carbocycles. The van der Waals surface area contributed by atoms with Crippen LogP contribution in [0.1, 0.15) is 31.2 Å². The number of carboxylic acid groups (broad SMARTS) is 1. The molecule has 0 radical (unpaired) electrons. The van der Waals surface area contributed by atoms with E-state index in [9.17, 15) is 29.1 Å². The van der Waals surface area contributed by atoms with Crippen molar-refractivity contribution >= 4 is 29.6 Å². The molecule has 180 valence electrons. The average Bonchev–Trinajstić information content (AvgIpc) is 3.30. The van der Waals surface area contributed by atoms with Crippen molar-refractivity contribution in [1.29, 1.82) is 0 Å². The zero-order chi connectivity index (χ0) is 24.4. The summed E-state index contributed by atoms with van der Waals surface area (Å²) < 4.78 is 0. The summed E-state index contributed by atoms with van der Waals surface area (Å²) in [4.78, 5) is 59.5. The zero-order valence-electron chi connectivity index (χ0n) is 18.0. The van der Waals surface area contributed by atoms with E-state index in [0.29, 0.717) is 18.5 Å². The Morgan fingerprint density at radius 2 is 1.79 bits per heavy atom. The number of hydrogen-bond acceptors (Lipinski definition) is 7. The van der Waals surface area contributed by atoms with Crippen molar-refractivity contribution < 1.29 is 34.2 Å². The molecule has 3 atom stereocenters. The van der Waals surface area contributed by atoms with E-state index in [-0.39, 0.29) is 30.9 Å². The fraction of sp³-hybridized carbons (Fsp3) is 0.476. The third-order valence-electron chi connectivity index (χ3n) is 5.12. The monoisotopic (exact) mass is 463 g/mol. The maximum absolute atomic E-state index is 12.8. The summed E-state index contributed by atoms with van der Waals surface area (Å²) in [6, 6.07) is 3.39. The Hall–Kier alpha value is -3.67. The highest BCUT2D eigenvalue weighted by atomic mass is 16.4. The topological polar surface area (TPSA) is 200 Å². The first-order valence-corrected chi connectivity index (χ1v) is 10.6. The normalized spacial score (nSPS) is 16.9. The molecule has 2 rings (SSSR count). The van der Waals surface area contributed by atoms with Crippen molar-refractivity contribution in [2.24, 2.45) is 5.73 Å². The molecular weight excluding hydrogens is 434 g/mol. The van der Waals surface area contributed by atoms with E-state index in [1.165, 1.54) is 12.1 Å². The zero-order valence-corrected chi connectivity index (χ0v) is 18.0. The van der Waals surface area contributed by atoms with Gasteiger partial charge in [0.1, 0.15) is 17.8 Å². The lowest BCUT2D eigenvalue weighted by Crippen LogP contribution is -2.54. The van der Waals surface area contributed by atoms with Gasteiger partial charge < -0.3 is 37.2 Å². The lowest BCUT2D eigenvalue weighted by atomic mass is 10.0. The van der Waals surface area contributed by atoms with Crippen LogP contribution in [0.15, 0.2) is 24.3 Å². The number of amides is 4. The van der Waals surface area contributed by atoms with E-state index in [1.54, 1.807) is 12.1 Å². The molecule has 0 aromatic heterocycles. The van der Waals surface area contributed by atoms with E-state index >= 15 is 0 Å². The molecule has 12 heteroatoms. The Bertz CT molecular complexity index is 868. The Labute approximate surface area is 190 Å². The van der Waals surface area contributed by atoms with Crippen LogP contribution in [0.3, 0.4) is 0 Å². The summed E-state index contributed by atoms with van der Waals surface area (Å²) in [5, 5.41) is 29.0. The highest BCUT2D eigenvalue weighted by molar-refractivity contribution is 5.93. The number of aliphatic carboxylic acids is 1. The number of nitrogens with two attached hydrogens (primary N) is 1. The van der Waals surface area contributed by atoms with E-state index in [1.807, 2.05) is 0 Å². The molecule has 1 aliphatic rings. The molecule has 1 aromatic rings. The minimum atomic E-state index is -1.34. The van der Waals surface area contributed by atoms with Crippen LogP contribution in [0.25, 0.3) is 0 Å². The van der Waals surface area contributed by atoms with Crippen LogP contribution >= 0.6 is 0 Å². The van der Waals surface area contributed by atoms with Gasteiger partial charge in [-0.25, -0.2) is 4.79 Å². The number of carboxylic acids is 1. The van der Waals surface area contributed by atoms with Gasteiger partial charge in [-0.15, -0.1) is 0 Å². The van der Waals surface area contributed by atoms with Gasteiger partial charge in [-0.1, -0.05) is 12.1 Å². The largest absolute Gasteiger partial charge is 0.508 e. The summed E-state index contributed by atoms with van der Waals surface area (Å²) >= 11 is 0. The molecule has 0 saturated carbocycles. The van der Waals surface area contributed by atoms with Crippen LogP contribution in [0, 0.1) is 0 Å². The van der Waals surface area contributed by atoms with Crippen LogP contribution in [0.4, 0.5) is 0 Å². The molecule has 0 bridgehead atoms. The number of carbonyl (C=O) groups excluding carboxylic acids is 4. The Kier molecular flexibility index (Phi) is 9.61. The molecule has 33 heavy (non-hydrogen) atoms. The average molecular weight is 463 g/mol. The van der Waals surface area contributed by atoms with Crippen LogP contribution in [-0.2, 0) is 30.4 Å². The summed E-state index contributed by atoms with van der Waals surface area (Å²) in [6.07, 6.45) is 1.19. The smallest absolute Gasteiger partial charge is 0.326 e. The predicted octanol–water partition coefficient (Wildman–Crippen LogP) is -1.88. The van der Waals surface area contributed by atoms with E-state index in [0.717, 1.165) is 6.42 Å². The third-order valence-corrected chi connectivity index (χ3v) is 5.12. The van der Waals surface area contributed by atoms with Gasteiger partial charge in [0.2, 0.25) is 23.6 Å². The predicted molar refractivity (Wildman–Crippen MR) is 116 cm³/mol. The van der Waals surface area contributed by atoms with Gasteiger partial charge in [0.15, 0.2) is 0 Å². The van der Waals surface area contributed by atoms with Crippen molar-refractivity contribution in [2.45, 2.75) is 50.2 Å². The highest BCUT2D eigenvalue weighted by Crippen LogP contribution is 2.12. The second kappa shape index (κ2) is 12.4. The first kappa shape index (κ1) is 25.6. The van der Waals surface area contributed by atoms with Gasteiger partial charge in [0.25, 0.3) is 0 Å². The number of nitrogens with one attached hydrogen (secondary N) is 4. The maximum Gasteiger partial charge on any atom is 0.326 e. The lowest BCUT2D eigenvalue weighted by Gasteiger charge is -2.21. The molecule has 12 nitrogen and oxygen atoms in total. The quantitative estimate of drug-likeness (QED) is 0.187. The second-order valence-corrected chi connectivity index (χ2v) is 7.76. The van der Waals surface area contributed by atoms with Crippen LogP contribution in [0.2, 0.25) is 0 Å².